The molecule has 1 aromatic heterocycles. The van der Waals surface area contributed by atoms with Gasteiger partial charge in [-0.25, -0.2) is 0 Å². The molecule has 2 atom stereocenters. The Morgan fingerprint density at radius 1 is 1.47 bits per heavy atom. The standard InChI is InChI=1S/C10H17N3O2/c1-7-12-10(13-15-7)6-11-8-4-2-3-5-9(8)14/h8-9,11,14H,2-6H2,1H3/t8-,9-/m1/s1. The van der Waals surface area contributed by atoms with Crippen LogP contribution in [-0.4, -0.2) is 27.4 Å². The summed E-state index contributed by atoms with van der Waals surface area (Å²) in [6, 6.07) is 0.178. The Bertz CT molecular complexity index is 313. The number of nitrogens with one attached hydrogen (secondary N) is 1. The molecule has 1 saturated carbocycles. The van der Waals surface area contributed by atoms with Crippen LogP contribution in [0.25, 0.3) is 0 Å². The quantitative estimate of drug-likeness (QED) is 0.772. The minimum atomic E-state index is -0.230. The molecule has 1 fully saturated rings. The van der Waals surface area contributed by atoms with Crippen LogP contribution in [0.15, 0.2) is 4.52 Å². The van der Waals surface area contributed by atoms with E-state index in [-0.39, 0.29) is 12.1 Å². The highest BCUT2D eigenvalue weighted by atomic mass is 16.5. The van der Waals surface area contributed by atoms with Crippen molar-refractivity contribution in [3.8, 4) is 0 Å². The average molecular weight is 211 g/mol. The molecular formula is C10H17N3O2. The Balaban J connectivity index is 1.81. The number of aryl methyl sites for hydroxylation is 1. The van der Waals surface area contributed by atoms with Crippen molar-refractivity contribution in [3.63, 3.8) is 0 Å². The molecule has 0 radical (unpaired) electrons. The first-order chi connectivity index (χ1) is 7.25. The monoisotopic (exact) mass is 211 g/mol. The number of hydrogen-bond acceptors (Lipinski definition) is 5. The van der Waals surface area contributed by atoms with E-state index in [9.17, 15) is 5.11 Å². The summed E-state index contributed by atoms with van der Waals surface area (Å²) in [6.07, 6.45) is 3.99. The molecule has 1 aliphatic carbocycles. The average Bonchev–Trinajstić information content (AvgIpc) is 2.63. The zero-order chi connectivity index (χ0) is 10.7. The second-order valence-corrected chi connectivity index (χ2v) is 4.07. The van der Waals surface area contributed by atoms with E-state index in [2.05, 4.69) is 15.5 Å². The molecule has 1 heterocycles. The van der Waals surface area contributed by atoms with Crippen molar-refractivity contribution in [1.82, 2.24) is 15.5 Å². The molecule has 0 unspecified atom stereocenters. The van der Waals surface area contributed by atoms with Crippen molar-refractivity contribution in [1.29, 1.82) is 0 Å². The summed E-state index contributed by atoms with van der Waals surface area (Å²) in [6.45, 7) is 2.34. The van der Waals surface area contributed by atoms with Gasteiger partial charge in [0.1, 0.15) is 0 Å². The highest BCUT2D eigenvalue weighted by molar-refractivity contribution is 4.86. The first kappa shape index (κ1) is 10.6. The molecule has 2 rings (SSSR count). The Kier molecular flexibility index (Phi) is 3.33. The lowest BCUT2D eigenvalue weighted by molar-refractivity contribution is 0.0898. The highest BCUT2D eigenvalue weighted by Crippen LogP contribution is 2.18. The smallest absolute Gasteiger partial charge is 0.223 e. The Labute approximate surface area is 88.9 Å². The molecular weight excluding hydrogens is 194 g/mol. The molecule has 15 heavy (non-hydrogen) atoms. The number of hydrogen-bond donors (Lipinski definition) is 2. The van der Waals surface area contributed by atoms with Gasteiger partial charge in [-0.1, -0.05) is 18.0 Å². The fourth-order valence-electron chi connectivity index (χ4n) is 1.98. The Morgan fingerprint density at radius 2 is 2.27 bits per heavy atom. The zero-order valence-corrected chi connectivity index (χ0v) is 8.94. The lowest BCUT2D eigenvalue weighted by Gasteiger charge is -2.27. The van der Waals surface area contributed by atoms with E-state index >= 15 is 0 Å². The van der Waals surface area contributed by atoms with Gasteiger partial charge in [-0.05, 0) is 12.8 Å². The second kappa shape index (κ2) is 4.72. The molecule has 5 heteroatoms. The van der Waals surface area contributed by atoms with Crippen LogP contribution in [0, 0.1) is 6.92 Å². The summed E-state index contributed by atoms with van der Waals surface area (Å²) in [5, 5.41) is 16.8. The van der Waals surface area contributed by atoms with Gasteiger partial charge in [0.2, 0.25) is 5.89 Å². The van der Waals surface area contributed by atoms with Crippen LogP contribution in [0.3, 0.4) is 0 Å². The first-order valence-electron chi connectivity index (χ1n) is 5.46. The van der Waals surface area contributed by atoms with E-state index in [1.54, 1.807) is 6.92 Å². The van der Waals surface area contributed by atoms with Gasteiger partial charge in [-0.3, -0.25) is 0 Å². The summed E-state index contributed by atoms with van der Waals surface area (Å²) < 4.78 is 4.87. The third-order valence-electron chi connectivity index (χ3n) is 2.82. The summed E-state index contributed by atoms with van der Waals surface area (Å²) in [4.78, 5) is 4.10. The van der Waals surface area contributed by atoms with Gasteiger partial charge >= 0.3 is 0 Å². The van der Waals surface area contributed by atoms with Gasteiger partial charge in [0.15, 0.2) is 5.82 Å². The van der Waals surface area contributed by atoms with Crippen LogP contribution >= 0.6 is 0 Å². The van der Waals surface area contributed by atoms with Gasteiger partial charge in [-0.15, -0.1) is 0 Å². The van der Waals surface area contributed by atoms with Crippen molar-refractivity contribution in [2.45, 2.75) is 51.3 Å². The summed E-state index contributed by atoms with van der Waals surface area (Å²) >= 11 is 0. The predicted molar refractivity (Wildman–Crippen MR) is 54.1 cm³/mol. The molecule has 1 aliphatic rings. The van der Waals surface area contributed by atoms with E-state index in [1.807, 2.05) is 0 Å². The molecule has 5 nitrogen and oxygen atoms in total. The van der Waals surface area contributed by atoms with Crippen LogP contribution in [0.2, 0.25) is 0 Å². The number of nitrogens with zero attached hydrogens (tertiary/aromatic N) is 2. The zero-order valence-electron chi connectivity index (χ0n) is 8.94. The number of aliphatic hydroxyl groups is 1. The van der Waals surface area contributed by atoms with E-state index in [0.717, 1.165) is 19.3 Å². The Hall–Kier alpha value is -0.940. The van der Waals surface area contributed by atoms with Crippen molar-refractivity contribution in [3.05, 3.63) is 11.7 Å². The lowest BCUT2D eigenvalue weighted by atomic mass is 9.93. The summed E-state index contributed by atoms with van der Waals surface area (Å²) in [7, 11) is 0. The fourth-order valence-corrected chi connectivity index (χ4v) is 1.98. The normalized spacial score (nSPS) is 26.8. The van der Waals surface area contributed by atoms with Gasteiger partial charge in [0.05, 0.1) is 12.6 Å². The Morgan fingerprint density at radius 3 is 2.93 bits per heavy atom. The van der Waals surface area contributed by atoms with E-state index in [4.69, 9.17) is 4.52 Å². The van der Waals surface area contributed by atoms with E-state index in [1.165, 1.54) is 6.42 Å². The minimum Gasteiger partial charge on any atom is -0.392 e. The number of aliphatic hydroxyl groups excluding tert-OH is 1. The third kappa shape index (κ3) is 2.76. The van der Waals surface area contributed by atoms with E-state index < -0.39 is 0 Å². The molecule has 0 aromatic carbocycles. The largest absolute Gasteiger partial charge is 0.392 e. The number of rotatable bonds is 3. The predicted octanol–water partition coefficient (Wildman–Crippen LogP) is 0.771. The van der Waals surface area contributed by atoms with Crippen molar-refractivity contribution in [2.24, 2.45) is 0 Å². The third-order valence-corrected chi connectivity index (χ3v) is 2.82. The van der Waals surface area contributed by atoms with Crippen LogP contribution < -0.4 is 5.32 Å². The highest BCUT2D eigenvalue weighted by Gasteiger charge is 2.22. The molecule has 0 aliphatic heterocycles. The molecule has 1 aromatic rings. The van der Waals surface area contributed by atoms with Gasteiger partial charge < -0.3 is 14.9 Å². The maximum Gasteiger partial charge on any atom is 0.223 e. The van der Waals surface area contributed by atoms with Crippen LogP contribution in [0.4, 0.5) is 0 Å². The van der Waals surface area contributed by atoms with Crippen molar-refractivity contribution < 1.29 is 9.63 Å². The first-order valence-corrected chi connectivity index (χ1v) is 5.46. The molecule has 2 N–H and O–H groups in total. The molecule has 0 saturated heterocycles. The van der Waals surface area contributed by atoms with Gasteiger partial charge in [0, 0.05) is 13.0 Å². The fraction of sp³-hybridized carbons (Fsp3) is 0.800. The molecule has 0 amide bonds. The SMILES string of the molecule is Cc1nc(CN[C@@H]2CCCC[C@H]2O)no1. The minimum absolute atomic E-state index is 0.178. The maximum atomic E-state index is 9.73. The van der Waals surface area contributed by atoms with Gasteiger partial charge in [-0.2, -0.15) is 4.98 Å². The second-order valence-electron chi connectivity index (χ2n) is 4.07. The number of aromatic nitrogens is 2. The van der Waals surface area contributed by atoms with Crippen molar-refractivity contribution in [2.75, 3.05) is 0 Å². The van der Waals surface area contributed by atoms with Crippen LogP contribution in [0.1, 0.15) is 37.4 Å². The molecule has 0 bridgehead atoms. The van der Waals surface area contributed by atoms with Crippen molar-refractivity contribution >= 4 is 0 Å². The maximum absolute atomic E-state index is 9.73. The lowest BCUT2D eigenvalue weighted by Crippen LogP contribution is -2.41. The topological polar surface area (TPSA) is 71.2 Å². The van der Waals surface area contributed by atoms with Gasteiger partial charge in [0.25, 0.3) is 0 Å². The molecule has 0 spiro atoms. The van der Waals surface area contributed by atoms with Crippen LogP contribution in [0.5, 0.6) is 0 Å². The van der Waals surface area contributed by atoms with E-state index in [0.29, 0.717) is 18.3 Å². The summed E-state index contributed by atoms with van der Waals surface area (Å²) in [5.41, 5.74) is 0. The molecule has 84 valence electrons. The summed E-state index contributed by atoms with van der Waals surface area (Å²) in [5.74, 6) is 1.24. The van der Waals surface area contributed by atoms with Crippen LogP contribution in [-0.2, 0) is 6.54 Å².